The van der Waals surface area contributed by atoms with Crippen molar-refractivity contribution in [2.24, 2.45) is 0 Å². The summed E-state index contributed by atoms with van der Waals surface area (Å²) in [4.78, 5) is 11.0. The van der Waals surface area contributed by atoms with Crippen LogP contribution in [0.25, 0.3) is 0 Å². The zero-order valence-corrected chi connectivity index (χ0v) is 12.1. The molecule has 0 atom stereocenters. The van der Waals surface area contributed by atoms with Crippen molar-refractivity contribution < 1.29 is 14.6 Å². The molecular weight excluding hydrogens is 242 g/mol. The van der Waals surface area contributed by atoms with E-state index in [1.807, 2.05) is 6.07 Å². The van der Waals surface area contributed by atoms with E-state index in [4.69, 9.17) is 9.84 Å². The number of rotatable bonds is 5. The van der Waals surface area contributed by atoms with Crippen LogP contribution in [0, 0.1) is 0 Å². The molecule has 4 nitrogen and oxygen atoms in total. The molecule has 1 aromatic rings. The van der Waals surface area contributed by atoms with E-state index < -0.39 is 6.61 Å². The summed E-state index contributed by atoms with van der Waals surface area (Å²) in [5.41, 5.74) is 2.37. The van der Waals surface area contributed by atoms with Gasteiger partial charge in [0, 0.05) is 6.54 Å². The molecule has 19 heavy (non-hydrogen) atoms. The molecule has 0 unspecified atom stereocenters. The number of aliphatic hydroxyl groups is 1. The fourth-order valence-electron chi connectivity index (χ4n) is 1.83. The zero-order valence-electron chi connectivity index (χ0n) is 12.1. The summed E-state index contributed by atoms with van der Waals surface area (Å²) in [7, 11) is 1.64. The third kappa shape index (κ3) is 4.56. The highest BCUT2D eigenvalue weighted by molar-refractivity contribution is 5.76. The molecule has 1 aromatic carbocycles. The van der Waals surface area contributed by atoms with Gasteiger partial charge in [-0.3, -0.25) is 4.79 Å². The minimum Gasteiger partial charge on any atom is -0.496 e. The van der Waals surface area contributed by atoms with Crippen molar-refractivity contribution >= 4 is 5.91 Å². The van der Waals surface area contributed by atoms with Gasteiger partial charge < -0.3 is 15.2 Å². The van der Waals surface area contributed by atoms with Crippen LogP contribution < -0.4 is 10.1 Å². The number of methoxy groups -OCH3 is 1. The van der Waals surface area contributed by atoms with Crippen LogP contribution in [-0.2, 0) is 16.6 Å². The summed E-state index contributed by atoms with van der Waals surface area (Å²) in [5.74, 6) is 0.470. The summed E-state index contributed by atoms with van der Waals surface area (Å²) in [6.07, 6.45) is 0.679. The van der Waals surface area contributed by atoms with Gasteiger partial charge >= 0.3 is 0 Å². The molecule has 0 aliphatic heterocycles. The third-order valence-corrected chi connectivity index (χ3v) is 3.01. The van der Waals surface area contributed by atoms with Crippen LogP contribution in [-0.4, -0.2) is 31.3 Å². The first-order valence-corrected chi connectivity index (χ1v) is 6.43. The number of carbonyl (C=O) groups excluding carboxylic acids is 1. The third-order valence-electron chi connectivity index (χ3n) is 3.01. The van der Waals surface area contributed by atoms with Crippen molar-refractivity contribution in [2.75, 3.05) is 20.3 Å². The lowest BCUT2D eigenvalue weighted by Gasteiger charge is -2.21. The fourth-order valence-corrected chi connectivity index (χ4v) is 1.83. The van der Waals surface area contributed by atoms with Gasteiger partial charge in [0.25, 0.3) is 0 Å². The number of ether oxygens (including phenoxy) is 1. The second-order valence-electron chi connectivity index (χ2n) is 5.53. The number of hydrogen-bond donors (Lipinski definition) is 2. The van der Waals surface area contributed by atoms with Crippen molar-refractivity contribution in [1.82, 2.24) is 5.32 Å². The van der Waals surface area contributed by atoms with Gasteiger partial charge in [0.1, 0.15) is 12.4 Å². The molecule has 0 fully saturated rings. The highest BCUT2D eigenvalue weighted by Gasteiger charge is 2.15. The second kappa shape index (κ2) is 6.57. The maximum Gasteiger partial charge on any atom is 0.245 e. The van der Waals surface area contributed by atoms with E-state index in [1.165, 1.54) is 5.56 Å². The molecule has 1 rings (SSSR count). The number of hydrogen-bond acceptors (Lipinski definition) is 3. The lowest BCUT2D eigenvalue weighted by Crippen LogP contribution is -2.28. The standard InChI is InChI=1S/C15H23NO3/c1-15(2,3)12-5-6-13(19-4)11(9-12)7-8-16-14(18)10-17/h5-6,9,17H,7-8,10H2,1-4H3,(H,16,18). The summed E-state index contributed by atoms with van der Waals surface area (Å²) >= 11 is 0. The molecule has 0 aromatic heterocycles. The normalized spacial score (nSPS) is 11.2. The largest absolute Gasteiger partial charge is 0.496 e. The van der Waals surface area contributed by atoms with Crippen LogP contribution in [0.2, 0.25) is 0 Å². The smallest absolute Gasteiger partial charge is 0.245 e. The Morgan fingerprint density at radius 2 is 2.05 bits per heavy atom. The predicted octanol–water partition coefficient (Wildman–Crippen LogP) is 1.64. The molecule has 0 bridgehead atoms. The Bertz CT molecular complexity index is 436. The molecule has 4 heteroatoms. The van der Waals surface area contributed by atoms with Crippen molar-refractivity contribution in [3.8, 4) is 5.75 Å². The van der Waals surface area contributed by atoms with Crippen molar-refractivity contribution in [2.45, 2.75) is 32.6 Å². The number of aliphatic hydroxyl groups excluding tert-OH is 1. The quantitative estimate of drug-likeness (QED) is 0.851. The maximum atomic E-state index is 11.0. The number of amides is 1. The fraction of sp³-hybridized carbons (Fsp3) is 0.533. The van der Waals surface area contributed by atoms with Crippen LogP contribution in [0.15, 0.2) is 18.2 Å². The molecule has 1 amide bonds. The zero-order chi connectivity index (χ0) is 14.5. The Morgan fingerprint density at radius 1 is 1.37 bits per heavy atom. The Kier molecular flexibility index (Phi) is 5.36. The van der Waals surface area contributed by atoms with Gasteiger partial charge in [-0.05, 0) is 29.0 Å². The Morgan fingerprint density at radius 3 is 2.58 bits per heavy atom. The summed E-state index contributed by atoms with van der Waals surface area (Å²) in [6.45, 7) is 6.49. The van der Waals surface area contributed by atoms with Crippen LogP contribution in [0.4, 0.5) is 0 Å². The van der Waals surface area contributed by atoms with Gasteiger partial charge in [0.05, 0.1) is 7.11 Å². The first-order valence-electron chi connectivity index (χ1n) is 6.43. The van der Waals surface area contributed by atoms with E-state index in [0.29, 0.717) is 13.0 Å². The van der Waals surface area contributed by atoms with Crippen LogP contribution in [0.3, 0.4) is 0 Å². The topological polar surface area (TPSA) is 58.6 Å². The average Bonchev–Trinajstić information content (AvgIpc) is 2.37. The maximum absolute atomic E-state index is 11.0. The van der Waals surface area contributed by atoms with E-state index in [1.54, 1.807) is 7.11 Å². The van der Waals surface area contributed by atoms with Gasteiger partial charge in [-0.25, -0.2) is 0 Å². The predicted molar refractivity (Wildman–Crippen MR) is 75.5 cm³/mol. The average molecular weight is 265 g/mol. The molecule has 0 heterocycles. The van der Waals surface area contributed by atoms with E-state index >= 15 is 0 Å². The molecule has 106 valence electrons. The molecule has 0 radical (unpaired) electrons. The minimum atomic E-state index is -0.473. The van der Waals surface area contributed by atoms with Gasteiger partial charge in [-0.1, -0.05) is 32.9 Å². The summed E-state index contributed by atoms with van der Waals surface area (Å²) < 4.78 is 5.33. The molecule has 0 saturated carbocycles. The molecule has 0 aliphatic carbocycles. The SMILES string of the molecule is COc1ccc(C(C)(C)C)cc1CCNC(=O)CO. The second-order valence-corrected chi connectivity index (χ2v) is 5.53. The van der Waals surface area contributed by atoms with Crippen molar-refractivity contribution in [1.29, 1.82) is 0 Å². The molecule has 0 aliphatic rings. The molecular formula is C15H23NO3. The van der Waals surface area contributed by atoms with Gasteiger partial charge in [0.15, 0.2) is 0 Å². The van der Waals surface area contributed by atoms with Gasteiger partial charge in [-0.15, -0.1) is 0 Å². The summed E-state index contributed by atoms with van der Waals surface area (Å²) in [6, 6.07) is 6.14. The van der Waals surface area contributed by atoms with Crippen LogP contribution in [0.1, 0.15) is 31.9 Å². The van der Waals surface area contributed by atoms with Crippen LogP contribution >= 0.6 is 0 Å². The molecule has 0 saturated heterocycles. The Balaban J connectivity index is 2.82. The highest BCUT2D eigenvalue weighted by Crippen LogP contribution is 2.28. The Hall–Kier alpha value is -1.55. The molecule has 2 N–H and O–H groups in total. The lowest BCUT2D eigenvalue weighted by atomic mass is 9.85. The first kappa shape index (κ1) is 15.5. The van der Waals surface area contributed by atoms with E-state index in [0.717, 1.165) is 11.3 Å². The summed E-state index contributed by atoms with van der Waals surface area (Å²) in [5, 5.41) is 11.3. The lowest BCUT2D eigenvalue weighted by molar-refractivity contribution is -0.123. The van der Waals surface area contributed by atoms with Gasteiger partial charge in [0.2, 0.25) is 5.91 Å². The van der Waals surface area contributed by atoms with Gasteiger partial charge in [-0.2, -0.15) is 0 Å². The monoisotopic (exact) mass is 265 g/mol. The van der Waals surface area contributed by atoms with Crippen molar-refractivity contribution in [3.05, 3.63) is 29.3 Å². The number of carbonyl (C=O) groups is 1. The number of nitrogens with one attached hydrogen (secondary N) is 1. The highest BCUT2D eigenvalue weighted by atomic mass is 16.5. The van der Waals surface area contributed by atoms with Crippen molar-refractivity contribution in [3.63, 3.8) is 0 Å². The van der Waals surface area contributed by atoms with Crippen LogP contribution in [0.5, 0.6) is 5.75 Å². The van der Waals surface area contributed by atoms with E-state index in [-0.39, 0.29) is 11.3 Å². The minimum absolute atomic E-state index is 0.0787. The Labute approximate surface area is 114 Å². The molecule has 0 spiro atoms. The number of benzene rings is 1. The van der Waals surface area contributed by atoms with E-state index in [2.05, 4.69) is 38.2 Å². The van der Waals surface area contributed by atoms with E-state index in [9.17, 15) is 4.79 Å². The first-order chi connectivity index (χ1) is 8.88.